The van der Waals surface area contributed by atoms with E-state index in [1.807, 2.05) is 41.6 Å². The molecule has 1 heterocycles. The summed E-state index contributed by atoms with van der Waals surface area (Å²) in [6, 6.07) is 18.1. The van der Waals surface area contributed by atoms with E-state index in [0.29, 0.717) is 6.54 Å². The van der Waals surface area contributed by atoms with Crippen LogP contribution in [0.15, 0.2) is 66.0 Å². The SMILES string of the molecule is Cc1ccccc1CN(C)CC(=O)NC(c1ccc(F)cc1)c1cccs1. The number of halogens is 1. The fourth-order valence-electron chi connectivity index (χ4n) is 3.02. The number of aryl methyl sites for hydroxylation is 1. The van der Waals surface area contributed by atoms with E-state index in [1.165, 1.54) is 23.3 Å². The average Bonchev–Trinajstić information content (AvgIpc) is 3.17. The van der Waals surface area contributed by atoms with E-state index in [9.17, 15) is 9.18 Å². The molecule has 27 heavy (non-hydrogen) atoms. The van der Waals surface area contributed by atoms with Crippen LogP contribution < -0.4 is 5.32 Å². The van der Waals surface area contributed by atoms with Gasteiger partial charge in [0.2, 0.25) is 5.91 Å². The fraction of sp³-hybridized carbons (Fsp3) is 0.227. The van der Waals surface area contributed by atoms with Gasteiger partial charge < -0.3 is 5.32 Å². The standard InChI is InChI=1S/C22H23FN2OS/c1-16-6-3-4-7-18(16)14-25(2)15-21(26)24-22(20-8-5-13-27-20)17-9-11-19(23)12-10-17/h3-13,22H,14-15H2,1-2H3,(H,24,26). The second-order valence-electron chi connectivity index (χ2n) is 6.67. The molecule has 1 aromatic heterocycles. The Morgan fingerprint density at radius 2 is 1.85 bits per heavy atom. The molecule has 3 aromatic rings. The molecule has 0 aliphatic heterocycles. The normalized spacial score (nSPS) is 12.1. The van der Waals surface area contributed by atoms with Crippen molar-refractivity contribution in [3.05, 3.63) is 93.4 Å². The van der Waals surface area contributed by atoms with E-state index < -0.39 is 0 Å². The molecule has 0 aliphatic rings. The Kier molecular flexibility index (Phi) is 6.37. The van der Waals surface area contributed by atoms with Gasteiger partial charge in [-0.05, 0) is 54.2 Å². The number of nitrogens with zero attached hydrogens (tertiary/aromatic N) is 1. The summed E-state index contributed by atoms with van der Waals surface area (Å²) < 4.78 is 13.3. The van der Waals surface area contributed by atoms with Crippen molar-refractivity contribution in [2.45, 2.75) is 19.5 Å². The van der Waals surface area contributed by atoms with Crippen LogP contribution in [-0.4, -0.2) is 24.4 Å². The van der Waals surface area contributed by atoms with Gasteiger partial charge >= 0.3 is 0 Å². The second-order valence-corrected chi connectivity index (χ2v) is 7.65. The van der Waals surface area contributed by atoms with Gasteiger partial charge in [0.1, 0.15) is 5.82 Å². The first-order valence-corrected chi connectivity index (χ1v) is 9.72. The Labute approximate surface area is 163 Å². The van der Waals surface area contributed by atoms with Crippen molar-refractivity contribution in [1.82, 2.24) is 10.2 Å². The molecule has 2 aromatic carbocycles. The van der Waals surface area contributed by atoms with Crippen LogP contribution in [0.2, 0.25) is 0 Å². The van der Waals surface area contributed by atoms with Crippen molar-refractivity contribution in [2.24, 2.45) is 0 Å². The van der Waals surface area contributed by atoms with Gasteiger partial charge in [0.15, 0.2) is 0 Å². The number of carbonyl (C=O) groups is 1. The van der Waals surface area contributed by atoms with E-state index in [1.54, 1.807) is 23.5 Å². The number of rotatable bonds is 7. The molecule has 1 unspecified atom stereocenters. The molecule has 140 valence electrons. The summed E-state index contributed by atoms with van der Waals surface area (Å²) in [7, 11) is 1.93. The molecule has 0 spiro atoms. The third-order valence-corrected chi connectivity index (χ3v) is 5.39. The van der Waals surface area contributed by atoms with Gasteiger partial charge in [0.25, 0.3) is 0 Å². The van der Waals surface area contributed by atoms with Crippen LogP contribution in [0.25, 0.3) is 0 Å². The van der Waals surface area contributed by atoms with Gasteiger partial charge in [0.05, 0.1) is 12.6 Å². The van der Waals surface area contributed by atoms with E-state index in [-0.39, 0.29) is 24.3 Å². The molecule has 0 bridgehead atoms. The lowest BCUT2D eigenvalue weighted by Crippen LogP contribution is -2.37. The predicted molar refractivity (Wildman–Crippen MR) is 108 cm³/mol. The molecule has 1 amide bonds. The van der Waals surface area contributed by atoms with Crippen molar-refractivity contribution in [1.29, 1.82) is 0 Å². The first-order chi connectivity index (χ1) is 13.0. The maximum Gasteiger partial charge on any atom is 0.234 e. The summed E-state index contributed by atoms with van der Waals surface area (Å²) >= 11 is 1.57. The first-order valence-electron chi connectivity index (χ1n) is 8.84. The summed E-state index contributed by atoms with van der Waals surface area (Å²) in [4.78, 5) is 15.7. The maximum atomic E-state index is 13.3. The monoisotopic (exact) mass is 382 g/mol. The molecule has 0 saturated carbocycles. The number of likely N-dealkylation sites (N-methyl/N-ethyl adjacent to an activating group) is 1. The van der Waals surface area contributed by atoms with Crippen molar-refractivity contribution >= 4 is 17.2 Å². The minimum Gasteiger partial charge on any atom is -0.343 e. The van der Waals surface area contributed by atoms with Gasteiger partial charge in [-0.1, -0.05) is 42.5 Å². The smallest absolute Gasteiger partial charge is 0.234 e. The van der Waals surface area contributed by atoms with Gasteiger partial charge in [0, 0.05) is 11.4 Å². The minimum absolute atomic E-state index is 0.0613. The molecule has 3 rings (SSSR count). The lowest BCUT2D eigenvalue weighted by atomic mass is 10.1. The van der Waals surface area contributed by atoms with Gasteiger partial charge in [-0.3, -0.25) is 9.69 Å². The molecular formula is C22H23FN2OS. The highest BCUT2D eigenvalue weighted by atomic mass is 32.1. The van der Waals surface area contributed by atoms with E-state index >= 15 is 0 Å². The van der Waals surface area contributed by atoms with Crippen LogP contribution in [0.5, 0.6) is 0 Å². The summed E-state index contributed by atoms with van der Waals surface area (Å²) in [6.07, 6.45) is 0. The summed E-state index contributed by atoms with van der Waals surface area (Å²) in [5.41, 5.74) is 3.29. The highest BCUT2D eigenvalue weighted by Gasteiger charge is 2.19. The molecule has 0 fully saturated rings. The van der Waals surface area contributed by atoms with Crippen molar-refractivity contribution in [3.8, 4) is 0 Å². The Morgan fingerprint density at radius 3 is 2.52 bits per heavy atom. The predicted octanol–water partition coefficient (Wildman–Crippen LogP) is 4.53. The van der Waals surface area contributed by atoms with Crippen LogP contribution >= 0.6 is 11.3 Å². The van der Waals surface area contributed by atoms with Gasteiger partial charge in [-0.25, -0.2) is 4.39 Å². The highest BCUT2D eigenvalue weighted by molar-refractivity contribution is 7.10. The largest absolute Gasteiger partial charge is 0.343 e. The highest BCUT2D eigenvalue weighted by Crippen LogP contribution is 2.26. The average molecular weight is 383 g/mol. The topological polar surface area (TPSA) is 32.3 Å². The molecule has 0 radical (unpaired) electrons. The second kappa shape index (κ2) is 8.93. The third kappa shape index (κ3) is 5.25. The molecule has 5 heteroatoms. The number of benzene rings is 2. The van der Waals surface area contributed by atoms with E-state index in [4.69, 9.17) is 0 Å². The van der Waals surface area contributed by atoms with Crippen molar-refractivity contribution < 1.29 is 9.18 Å². The van der Waals surface area contributed by atoms with Gasteiger partial charge in [-0.15, -0.1) is 11.3 Å². The number of thiophene rings is 1. The lowest BCUT2D eigenvalue weighted by Gasteiger charge is -2.22. The molecule has 1 N–H and O–H groups in total. The van der Waals surface area contributed by atoms with Crippen LogP contribution in [0.1, 0.15) is 27.6 Å². The Bertz CT molecular complexity index is 878. The van der Waals surface area contributed by atoms with Crippen LogP contribution in [0, 0.1) is 12.7 Å². The minimum atomic E-state index is -0.284. The maximum absolute atomic E-state index is 13.3. The first kappa shape index (κ1) is 19.3. The number of nitrogens with one attached hydrogen (secondary N) is 1. The van der Waals surface area contributed by atoms with Crippen LogP contribution in [0.4, 0.5) is 4.39 Å². The summed E-state index contributed by atoms with van der Waals surface area (Å²) in [6.45, 7) is 3.07. The number of hydrogen-bond donors (Lipinski definition) is 1. The zero-order valence-corrected chi connectivity index (χ0v) is 16.3. The Hall–Kier alpha value is -2.50. The quantitative estimate of drug-likeness (QED) is 0.651. The Balaban J connectivity index is 1.67. The van der Waals surface area contributed by atoms with Crippen LogP contribution in [-0.2, 0) is 11.3 Å². The lowest BCUT2D eigenvalue weighted by molar-refractivity contribution is -0.122. The van der Waals surface area contributed by atoms with Gasteiger partial charge in [-0.2, -0.15) is 0 Å². The molecular weight excluding hydrogens is 359 g/mol. The summed E-state index contributed by atoms with van der Waals surface area (Å²) in [5.74, 6) is -0.346. The third-order valence-electron chi connectivity index (χ3n) is 4.45. The zero-order valence-electron chi connectivity index (χ0n) is 15.5. The van der Waals surface area contributed by atoms with E-state index in [0.717, 1.165) is 10.4 Å². The number of carbonyl (C=O) groups excluding carboxylic acids is 1. The zero-order chi connectivity index (χ0) is 19.2. The van der Waals surface area contributed by atoms with Crippen LogP contribution in [0.3, 0.4) is 0 Å². The number of hydrogen-bond acceptors (Lipinski definition) is 3. The number of amides is 1. The van der Waals surface area contributed by atoms with Crippen molar-refractivity contribution in [2.75, 3.05) is 13.6 Å². The van der Waals surface area contributed by atoms with Crippen molar-refractivity contribution in [3.63, 3.8) is 0 Å². The molecule has 1 atom stereocenters. The fourth-order valence-corrected chi connectivity index (χ4v) is 3.82. The van der Waals surface area contributed by atoms with E-state index in [2.05, 4.69) is 24.4 Å². The molecule has 0 aliphatic carbocycles. The summed E-state index contributed by atoms with van der Waals surface area (Å²) in [5, 5.41) is 5.07. The molecule has 0 saturated heterocycles. The Morgan fingerprint density at radius 1 is 1.11 bits per heavy atom. The molecule has 3 nitrogen and oxygen atoms in total.